The van der Waals surface area contributed by atoms with Crippen molar-refractivity contribution in [3.63, 3.8) is 0 Å². The number of ether oxygens (including phenoxy) is 1. The molecular weight excluding hydrogens is 268 g/mol. The molecule has 2 rings (SSSR count). The number of hydrogen-bond acceptors (Lipinski definition) is 6. The minimum Gasteiger partial charge on any atom is -0.465 e. The number of methoxy groups -OCH3 is 1. The first-order valence-electron chi connectivity index (χ1n) is 5.56. The fourth-order valence-electron chi connectivity index (χ4n) is 1.51. The zero-order valence-electron chi connectivity index (χ0n) is 10.3. The first-order chi connectivity index (χ1) is 8.74. The molecule has 0 aliphatic rings. The lowest BCUT2D eigenvalue weighted by molar-refractivity contribution is 0.0606. The lowest BCUT2D eigenvalue weighted by Gasteiger charge is -2.18. The zero-order valence-corrected chi connectivity index (χ0v) is 11.9. The van der Waals surface area contributed by atoms with Gasteiger partial charge in [-0.05, 0) is 18.4 Å². The van der Waals surface area contributed by atoms with Crippen LogP contribution in [0.5, 0.6) is 0 Å². The van der Waals surface area contributed by atoms with Crippen LogP contribution in [0.2, 0.25) is 0 Å². The Morgan fingerprint density at radius 3 is 3.00 bits per heavy atom. The van der Waals surface area contributed by atoms with Crippen molar-refractivity contribution in [2.75, 3.05) is 18.6 Å². The first kappa shape index (κ1) is 13.0. The summed E-state index contributed by atoms with van der Waals surface area (Å²) in [7, 11) is 1.38. The molecule has 0 fully saturated rings. The van der Waals surface area contributed by atoms with Crippen LogP contribution in [-0.2, 0) is 11.3 Å². The van der Waals surface area contributed by atoms with E-state index < -0.39 is 0 Å². The Bertz CT molecular complexity index is 508. The maximum atomic E-state index is 11.4. The zero-order chi connectivity index (χ0) is 13.0. The van der Waals surface area contributed by atoms with Gasteiger partial charge in [-0.2, -0.15) is 0 Å². The lowest BCUT2D eigenvalue weighted by atomic mass is 10.4. The molecule has 0 aliphatic heterocycles. The summed E-state index contributed by atoms with van der Waals surface area (Å²) in [6.45, 7) is 3.75. The van der Waals surface area contributed by atoms with Crippen LogP contribution < -0.4 is 4.90 Å². The van der Waals surface area contributed by atoms with Crippen molar-refractivity contribution in [1.29, 1.82) is 0 Å². The molecule has 0 saturated carbocycles. The third kappa shape index (κ3) is 2.88. The number of aromatic nitrogens is 1. The van der Waals surface area contributed by atoms with Gasteiger partial charge in [-0.3, -0.25) is 0 Å². The normalized spacial score (nSPS) is 10.3. The highest BCUT2D eigenvalue weighted by Crippen LogP contribution is 2.25. The van der Waals surface area contributed by atoms with E-state index in [1.165, 1.54) is 23.3 Å². The highest BCUT2D eigenvalue weighted by atomic mass is 32.1. The summed E-state index contributed by atoms with van der Waals surface area (Å²) in [4.78, 5) is 19.6. The molecule has 2 aromatic heterocycles. The van der Waals surface area contributed by atoms with E-state index in [1.54, 1.807) is 17.5 Å². The number of esters is 1. The van der Waals surface area contributed by atoms with Crippen LogP contribution in [0.1, 0.15) is 21.5 Å². The van der Waals surface area contributed by atoms with E-state index in [4.69, 9.17) is 0 Å². The van der Waals surface area contributed by atoms with Crippen molar-refractivity contribution < 1.29 is 9.53 Å². The second-order valence-electron chi connectivity index (χ2n) is 3.59. The molecular formula is C12H14N2O2S2. The monoisotopic (exact) mass is 282 g/mol. The minimum absolute atomic E-state index is 0.328. The molecule has 2 heterocycles. The van der Waals surface area contributed by atoms with Gasteiger partial charge in [0.2, 0.25) is 0 Å². The largest absolute Gasteiger partial charge is 0.465 e. The van der Waals surface area contributed by atoms with Gasteiger partial charge < -0.3 is 9.64 Å². The molecule has 4 nitrogen and oxygen atoms in total. The van der Waals surface area contributed by atoms with Crippen molar-refractivity contribution in [2.24, 2.45) is 0 Å². The fraction of sp³-hybridized carbons (Fsp3) is 0.333. The molecule has 0 saturated heterocycles. The molecule has 18 heavy (non-hydrogen) atoms. The average Bonchev–Trinajstić information content (AvgIpc) is 3.05. The van der Waals surface area contributed by atoms with Gasteiger partial charge in [-0.25, -0.2) is 9.78 Å². The van der Waals surface area contributed by atoms with Gasteiger partial charge in [0.1, 0.15) is 4.88 Å². The van der Waals surface area contributed by atoms with E-state index in [2.05, 4.69) is 33.0 Å². The summed E-state index contributed by atoms with van der Waals surface area (Å²) < 4.78 is 4.68. The van der Waals surface area contributed by atoms with Crippen LogP contribution in [0, 0.1) is 0 Å². The van der Waals surface area contributed by atoms with Crippen molar-refractivity contribution >= 4 is 33.8 Å². The van der Waals surface area contributed by atoms with E-state index in [9.17, 15) is 4.79 Å². The molecule has 0 amide bonds. The number of rotatable bonds is 5. The van der Waals surface area contributed by atoms with Crippen molar-refractivity contribution in [3.05, 3.63) is 33.5 Å². The quantitative estimate of drug-likeness (QED) is 0.791. The SMILES string of the molecule is CCN(Cc1cccs1)c1ncc(C(=O)OC)s1. The fourth-order valence-corrected chi connectivity index (χ4v) is 3.13. The Morgan fingerprint density at radius 2 is 2.39 bits per heavy atom. The summed E-state index contributed by atoms with van der Waals surface area (Å²) in [5.41, 5.74) is 0. The third-order valence-corrected chi connectivity index (χ3v) is 4.36. The molecule has 6 heteroatoms. The molecule has 0 bridgehead atoms. The summed E-state index contributed by atoms with van der Waals surface area (Å²) in [5.74, 6) is -0.328. The molecule has 0 radical (unpaired) electrons. The Hall–Kier alpha value is -1.40. The van der Waals surface area contributed by atoms with E-state index in [0.717, 1.165) is 18.2 Å². The van der Waals surface area contributed by atoms with Gasteiger partial charge >= 0.3 is 5.97 Å². The van der Waals surface area contributed by atoms with E-state index in [0.29, 0.717) is 4.88 Å². The first-order valence-corrected chi connectivity index (χ1v) is 7.25. The van der Waals surface area contributed by atoms with Crippen LogP contribution in [-0.4, -0.2) is 24.6 Å². The second kappa shape index (κ2) is 5.97. The van der Waals surface area contributed by atoms with Crippen LogP contribution >= 0.6 is 22.7 Å². The molecule has 2 aromatic rings. The topological polar surface area (TPSA) is 42.4 Å². The van der Waals surface area contributed by atoms with Gasteiger partial charge in [0.15, 0.2) is 5.13 Å². The average molecular weight is 282 g/mol. The van der Waals surface area contributed by atoms with Gasteiger partial charge in [-0.15, -0.1) is 11.3 Å². The molecule has 0 N–H and O–H groups in total. The van der Waals surface area contributed by atoms with E-state index >= 15 is 0 Å². The number of thiophene rings is 1. The Labute approximate surface area is 114 Å². The maximum Gasteiger partial charge on any atom is 0.349 e. The number of carbonyl (C=O) groups is 1. The van der Waals surface area contributed by atoms with Crippen molar-refractivity contribution in [1.82, 2.24) is 4.98 Å². The Morgan fingerprint density at radius 1 is 1.56 bits per heavy atom. The van der Waals surface area contributed by atoms with Crippen LogP contribution in [0.4, 0.5) is 5.13 Å². The molecule has 0 unspecified atom stereocenters. The Balaban J connectivity index is 2.12. The number of anilines is 1. The molecule has 0 aliphatic carbocycles. The number of thiazole rings is 1. The maximum absolute atomic E-state index is 11.4. The third-order valence-electron chi connectivity index (χ3n) is 2.46. The van der Waals surface area contributed by atoms with Crippen LogP contribution in [0.3, 0.4) is 0 Å². The molecule has 0 spiro atoms. The van der Waals surface area contributed by atoms with Crippen molar-refractivity contribution in [3.8, 4) is 0 Å². The summed E-state index contributed by atoms with van der Waals surface area (Å²) in [6, 6.07) is 4.14. The predicted octanol–water partition coefficient (Wildman–Crippen LogP) is 3.02. The standard InChI is InChI=1S/C12H14N2O2S2/c1-3-14(8-9-5-4-6-17-9)12-13-7-10(18-12)11(15)16-2/h4-7H,3,8H2,1-2H3. The van der Waals surface area contributed by atoms with Gasteiger partial charge in [0.25, 0.3) is 0 Å². The van der Waals surface area contributed by atoms with E-state index in [1.807, 2.05) is 6.07 Å². The molecule has 0 atom stereocenters. The molecule has 96 valence electrons. The van der Waals surface area contributed by atoms with E-state index in [-0.39, 0.29) is 5.97 Å². The summed E-state index contributed by atoms with van der Waals surface area (Å²) in [5, 5.41) is 2.91. The Kier molecular flexibility index (Phi) is 4.33. The molecule has 0 aromatic carbocycles. The summed E-state index contributed by atoms with van der Waals surface area (Å²) >= 11 is 3.09. The highest BCUT2D eigenvalue weighted by Gasteiger charge is 2.14. The van der Waals surface area contributed by atoms with Crippen molar-refractivity contribution in [2.45, 2.75) is 13.5 Å². The van der Waals surface area contributed by atoms with Gasteiger partial charge in [-0.1, -0.05) is 17.4 Å². The number of hydrogen-bond donors (Lipinski definition) is 0. The smallest absolute Gasteiger partial charge is 0.349 e. The predicted molar refractivity (Wildman–Crippen MR) is 74.5 cm³/mol. The van der Waals surface area contributed by atoms with Gasteiger partial charge in [0, 0.05) is 11.4 Å². The summed E-state index contributed by atoms with van der Waals surface area (Å²) in [6.07, 6.45) is 1.57. The van der Waals surface area contributed by atoms with Crippen LogP contribution in [0.15, 0.2) is 23.7 Å². The van der Waals surface area contributed by atoms with Gasteiger partial charge in [0.05, 0.1) is 19.9 Å². The highest BCUT2D eigenvalue weighted by molar-refractivity contribution is 7.17. The lowest BCUT2D eigenvalue weighted by Crippen LogP contribution is -2.21. The van der Waals surface area contributed by atoms with Crippen LogP contribution in [0.25, 0.3) is 0 Å². The minimum atomic E-state index is -0.328. The number of carbonyl (C=O) groups excluding carboxylic acids is 1. The number of nitrogens with zero attached hydrogens (tertiary/aromatic N) is 2. The second-order valence-corrected chi connectivity index (χ2v) is 5.63.